The number of aryl methyl sites for hydroxylation is 2. The molecular formula is C30H25F3N2O3S2. The Kier molecular flexibility index (Phi) is 9.17. The normalized spacial score (nSPS) is 12.0. The molecule has 0 saturated carbocycles. The van der Waals surface area contributed by atoms with Crippen LogP contribution in [0.15, 0.2) is 71.6 Å². The van der Waals surface area contributed by atoms with Crippen molar-refractivity contribution in [1.29, 1.82) is 5.26 Å². The van der Waals surface area contributed by atoms with Crippen molar-refractivity contribution in [1.82, 2.24) is 4.98 Å². The van der Waals surface area contributed by atoms with Crippen LogP contribution in [-0.4, -0.2) is 24.2 Å². The van der Waals surface area contributed by atoms with Gasteiger partial charge in [-0.2, -0.15) is 18.4 Å². The zero-order valence-electron chi connectivity index (χ0n) is 21.9. The number of rotatable bonds is 9. The lowest BCUT2D eigenvalue weighted by molar-refractivity contribution is -0.145. The molecule has 0 amide bonds. The predicted molar refractivity (Wildman–Crippen MR) is 149 cm³/mol. The summed E-state index contributed by atoms with van der Waals surface area (Å²) in [6, 6.07) is 20.1. The van der Waals surface area contributed by atoms with Crippen molar-refractivity contribution in [2.75, 3.05) is 13.2 Å². The molecule has 0 bridgehead atoms. The van der Waals surface area contributed by atoms with Gasteiger partial charge in [0.25, 0.3) is 0 Å². The Labute approximate surface area is 238 Å². The fourth-order valence-electron chi connectivity index (χ4n) is 3.91. The van der Waals surface area contributed by atoms with Gasteiger partial charge in [-0.25, -0.2) is 9.78 Å². The van der Waals surface area contributed by atoms with Crippen molar-refractivity contribution < 1.29 is 27.4 Å². The minimum atomic E-state index is -4.41. The number of aromatic nitrogens is 1. The summed E-state index contributed by atoms with van der Waals surface area (Å²) < 4.78 is 49.7. The molecule has 1 aromatic heterocycles. The molecule has 4 aromatic rings. The Morgan fingerprint density at radius 3 is 2.38 bits per heavy atom. The summed E-state index contributed by atoms with van der Waals surface area (Å²) in [5.74, 6) is 0.136. The molecule has 0 radical (unpaired) electrons. The van der Waals surface area contributed by atoms with Gasteiger partial charge in [0, 0.05) is 15.3 Å². The lowest BCUT2D eigenvalue weighted by Crippen LogP contribution is -2.14. The molecule has 1 unspecified atom stereocenters. The highest BCUT2D eigenvalue weighted by Gasteiger charge is 2.30. The van der Waals surface area contributed by atoms with E-state index in [1.165, 1.54) is 23.5 Å². The molecule has 4 rings (SSSR count). The summed E-state index contributed by atoms with van der Waals surface area (Å²) in [6.45, 7) is 5.61. The molecule has 5 nitrogen and oxygen atoms in total. The van der Waals surface area contributed by atoms with Crippen LogP contribution in [0.2, 0.25) is 0 Å². The third-order valence-corrected chi connectivity index (χ3v) is 8.61. The van der Waals surface area contributed by atoms with Crippen LogP contribution in [0.5, 0.6) is 5.75 Å². The summed E-state index contributed by atoms with van der Waals surface area (Å²) in [4.78, 5) is 18.3. The van der Waals surface area contributed by atoms with Crippen LogP contribution < -0.4 is 4.74 Å². The first-order valence-corrected chi connectivity index (χ1v) is 14.0. The number of ether oxygens (including phenoxy) is 2. The van der Waals surface area contributed by atoms with Crippen LogP contribution >= 0.6 is 23.1 Å². The number of benzene rings is 3. The van der Waals surface area contributed by atoms with Gasteiger partial charge < -0.3 is 9.47 Å². The smallest absolute Gasteiger partial charge is 0.416 e. The highest BCUT2D eigenvalue weighted by molar-refractivity contribution is 7.99. The molecule has 40 heavy (non-hydrogen) atoms. The lowest BCUT2D eigenvalue weighted by Gasteiger charge is -2.18. The fourth-order valence-corrected chi connectivity index (χ4v) is 6.52. The van der Waals surface area contributed by atoms with E-state index in [-0.39, 0.29) is 18.5 Å². The number of halogens is 3. The Morgan fingerprint density at radius 1 is 1.07 bits per heavy atom. The number of thioether (sulfide) groups is 1. The van der Waals surface area contributed by atoms with Crippen LogP contribution in [-0.2, 0) is 15.7 Å². The second kappa shape index (κ2) is 12.6. The maximum absolute atomic E-state index is 13.0. The molecule has 0 saturated heterocycles. The number of thiazole rings is 1. The summed E-state index contributed by atoms with van der Waals surface area (Å²) in [7, 11) is 0. The third kappa shape index (κ3) is 7.03. The first-order valence-electron chi connectivity index (χ1n) is 12.3. The highest BCUT2D eigenvalue weighted by Crippen LogP contribution is 2.46. The average molecular weight is 583 g/mol. The molecule has 0 aliphatic rings. The minimum absolute atomic E-state index is 0.179. The topological polar surface area (TPSA) is 72.2 Å². The number of nitriles is 1. The van der Waals surface area contributed by atoms with Crippen molar-refractivity contribution >= 4 is 29.1 Å². The zero-order chi connectivity index (χ0) is 28.9. The molecular weight excluding hydrogens is 557 g/mol. The number of esters is 1. The molecule has 10 heteroatoms. The lowest BCUT2D eigenvalue weighted by atomic mass is 10.1. The molecule has 0 N–H and O–H groups in total. The third-order valence-electron chi connectivity index (χ3n) is 5.92. The highest BCUT2D eigenvalue weighted by atomic mass is 32.2. The van der Waals surface area contributed by atoms with Crippen LogP contribution in [0.4, 0.5) is 13.2 Å². The van der Waals surface area contributed by atoms with Gasteiger partial charge in [-0.3, -0.25) is 0 Å². The van der Waals surface area contributed by atoms with Crippen molar-refractivity contribution in [3.8, 4) is 22.4 Å². The van der Waals surface area contributed by atoms with Gasteiger partial charge in [-0.05, 0) is 74.4 Å². The first kappa shape index (κ1) is 29.2. The monoisotopic (exact) mass is 582 g/mol. The molecule has 0 aliphatic carbocycles. The van der Waals surface area contributed by atoms with Gasteiger partial charge in [0.05, 0.1) is 34.7 Å². The summed E-state index contributed by atoms with van der Waals surface area (Å²) in [5, 5.41) is 9.68. The second-order valence-electron chi connectivity index (χ2n) is 8.80. The van der Waals surface area contributed by atoms with E-state index < -0.39 is 17.7 Å². The van der Waals surface area contributed by atoms with E-state index in [0.29, 0.717) is 21.9 Å². The van der Waals surface area contributed by atoms with E-state index in [4.69, 9.17) is 9.47 Å². The zero-order valence-corrected chi connectivity index (χ0v) is 23.5. The Bertz CT molecular complexity index is 1530. The van der Waals surface area contributed by atoms with Crippen molar-refractivity contribution in [2.24, 2.45) is 0 Å². The first-order chi connectivity index (χ1) is 19.1. The van der Waals surface area contributed by atoms with Crippen molar-refractivity contribution in [3.63, 3.8) is 0 Å². The maximum atomic E-state index is 13.0. The molecule has 1 atom stereocenters. The summed E-state index contributed by atoms with van der Waals surface area (Å²) in [5.41, 5.74) is 3.01. The van der Waals surface area contributed by atoms with Crippen molar-refractivity contribution in [2.45, 2.75) is 37.1 Å². The maximum Gasteiger partial charge on any atom is 0.416 e. The minimum Gasteiger partial charge on any atom is -0.482 e. The second-order valence-corrected chi connectivity index (χ2v) is 11.0. The van der Waals surface area contributed by atoms with Gasteiger partial charge in [0.1, 0.15) is 10.8 Å². The fraction of sp³-hybridized carbons (Fsp3) is 0.233. The molecule has 0 fully saturated rings. The Hall–Kier alpha value is -3.81. The van der Waals surface area contributed by atoms with E-state index >= 15 is 0 Å². The number of carbonyl (C=O) groups is 1. The largest absolute Gasteiger partial charge is 0.482 e. The van der Waals surface area contributed by atoms with Crippen LogP contribution in [0, 0.1) is 25.2 Å². The van der Waals surface area contributed by atoms with Gasteiger partial charge in [-0.15, -0.1) is 23.1 Å². The van der Waals surface area contributed by atoms with E-state index in [2.05, 4.69) is 11.1 Å². The van der Waals surface area contributed by atoms with Crippen LogP contribution in [0.1, 0.15) is 45.0 Å². The number of alkyl halides is 3. The van der Waals surface area contributed by atoms with Crippen LogP contribution in [0.3, 0.4) is 0 Å². The van der Waals surface area contributed by atoms with Crippen molar-refractivity contribution in [3.05, 3.63) is 99.6 Å². The quantitative estimate of drug-likeness (QED) is 0.147. The predicted octanol–water partition coefficient (Wildman–Crippen LogP) is 8.14. The number of hydrogen-bond acceptors (Lipinski definition) is 7. The van der Waals surface area contributed by atoms with Gasteiger partial charge >= 0.3 is 12.1 Å². The number of carbonyl (C=O) groups excluding carboxylic acids is 1. The van der Waals surface area contributed by atoms with E-state index in [1.807, 2.05) is 38.1 Å². The van der Waals surface area contributed by atoms with E-state index in [9.17, 15) is 23.2 Å². The summed E-state index contributed by atoms with van der Waals surface area (Å²) in [6.07, 6.45) is -4.41. The van der Waals surface area contributed by atoms with Gasteiger partial charge in [0.2, 0.25) is 0 Å². The van der Waals surface area contributed by atoms with Gasteiger partial charge in [-0.1, -0.05) is 24.3 Å². The SMILES string of the molecule is CCOC(=O)COc1ccc(SC(c2ccc(C#N)cc2)c2sc(-c3ccc(C(F)(F)F)cc3)nc2C)cc1C. The van der Waals surface area contributed by atoms with E-state index in [1.54, 1.807) is 36.9 Å². The number of nitrogens with zero attached hydrogens (tertiary/aromatic N) is 2. The average Bonchev–Trinajstić information content (AvgIpc) is 3.32. The Balaban J connectivity index is 1.65. The molecule has 1 heterocycles. The van der Waals surface area contributed by atoms with Crippen LogP contribution in [0.25, 0.3) is 10.6 Å². The van der Waals surface area contributed by atoms with E-state index in [0.717, 1.165) is 38.7 Å². The number of hydrogen-bond donors (Lipinski definition) is 0. The van der Waals surface area contributed by atoms with Gasteiger partial charge in [0.15, 0.2) is 6.61 Å². The molecule has 3 aromatic carbocycles. The molecule has 206 valence electrons. The molecule has 0 spiro atoms. The molecule has 0 aliphatic heterocycles. The standard InChI is InChI=1S/C30H25F3N2O3S2/c1-4-37-26(36)17-38-25-14-13-24(15-18(25)2)39-28(21-7-5-20(16-34)6-8-21)27-19(3)35-29(40-27)22-9-11-23(12-10-22)30(31,32)33/h5-15,28H,4,17H2,1-3H3. The summed E-state index contributed by atoms with van der Waals surface area (Å²) >= 11 is 3.01. The Morgan fingerprint density at radius 2 is 1.77 bits per heavy atom.